The van der Waals surface area contributed by atoms with E-state index in [1.807, 2.05) is 0 Å². The Kier molecular flexibility index (Phi) is 21800. The van der Waals surface area contributed by atoms with E-state index in [1.165, 1.54) is 0 Å². The van der Waals surface area contributed by atoms with E-state index in [9.17, 15) is 0 Å². The molecule has 0 aliphatic rings. The van der Waals surface area contributed by atoms with Crippen LogP contribution in [-0.4, -0.2) is 51.7 Å². The first-order valence-electron chi connectivity index (χ1n) is 0. The Labute approximate surface area is 205 Å². The van der Waals surface area contributed by atoms with Crippen LogP contribution in [0.25, 0.3) is 0 Å². The van der Waals surface area contributed by atoms with Crippen LogP contribution in [-0.2, 0) is 157 Å². The minimum Gasteiger partial charge on any atom is -2.00 e. The van der Waals surface area contributed by atoms with E-state index in [0.29, 0.717) is 0 Å². The summed E-state index contributed by atoms with van der Waals surface area (Å²) in [5.41, 5.74) is 0. The molecular formula is In2O13Ti2W2-12. The van der Waals surface area contributed by atoms with Crippen LogP contribution in [0.15, 0.2) is 0 Å². The zero-order chi connectivity index (χ0) is 0. The third kappa shape index (κ3) is 545. The molecule has 0 aliphatic heterocycles. The van der Waals surface area contributed by atoms with E-state index >= 15 is 0 Å². The fourth-order valence-electron chi connectivity index (χ4n) is 0. The van der Waals surface area contributed by atoms with Gasteiger partial charge in [-0.15, -0.1) is 0 Å². The molecule has 0 unspecified atom stereocenters. The maximum atomic E-state index is 0. The fourth-order valence-corrected chi connectivity index (χ4v) is 0. The molecule has 19 heavy (non-hydrogen) atoms. The van der Waals surface area contributed by atoms with Gasteiger partial charge in [0.2, 0.25) is 0 Å². The van der Waals surface area contributed by atoms with Gasteiger partial charge in [0.1, 0.15) is 0 Å². The fraction of sp³-hybridized carbons (Fsp3) is 0. The molecule has 0 amide bonds. The Hall–Kier alpha value is 4.03. The zero-order valence-corrected chi connectivity index (χ0v) is 23.9. The average Bonchev–Trinajstić information content (AvgIpc) is 0. The summed E-state index contributed by atoms with van der Waals surface area (Å²) >= 11 is 0. The zero-order valence-electron chi connectivity index (χ0n) is 8.28. The molecule has 13 nitrogen and oxygen atoms in total. The molecular weight excluding hydrogens is 901 g/mol. The van der Waals surface area contributed by atoms with Crippen molar-refractivity contribution in [1.29, 1.82) is 0 Å². The summed E-state index contributed by atoms with van der Waals surface area (Å²) in [4.78, 5) is 0. The largest absolute Gasteiger partial charge is 4.00 e. The smallest absolute Gasteiger partial charge is 2.00 e. The van der Waals surface area contributed by atoms with Crippen molar-refractivity contribution in [2.45, 2.75) is 0 Å². The summed E-state index contributed by atoms with van der Waals surface area (Å²) in [7, 11) is 0. The first kappa shape index (κ1) is 689. The Bertz CT molecular complexity index is 26.6. The van der Waals surface area contributed by atoms with E-state index in [1.54, 1.807) is 0 Å². The van der Waals surface area contributed by atoms with Crippen molar-refractivity contribution in [3.05, 3.63) is 0 Å². The van der Waals surface area contributed by atoms with Gasteiger partial charge in [0.15, 0.2) is 0 Å². The predicted octanol–water partition coefficient (Wildman–Crippen LogP) is -2.32. The molecule has 0 N–H and O–H groups in total. The summed E-state index contributed by atoms with van der Waals surface area (Å²) in [6.07, 6.45) is 0. The first-order valence-corrected chi connectivity index (χ1v) is 0. The number of hydrogen-bond acceptors (Lipinski definition) is 0. The van der Waals surface area contributed by atoms with Crippen molar-refractivity contribution in [1.82, 2.24) is 0 Å². The van der Waals surface area contributed by atoms with Crippen LogP contribution in [0, 0.1) is 0 Å². The summed E-state index contributed by atoms with van der Waals surface area (Å²) in [5, 5.41) is 0. The number of rotatable bonds is 0. The van der Waals surface area contributed by atoms with Gasteiger partial charge in [-0.2, -0.15) is 0 Å². The van der Waals surface area contributed by atoms with Crippen LogP contribution in [0.1, 0.15) is 0 Å². The SMILES string of the molecule is [In+3].[In+3].[O-2].[O-2].[O-2].[O-2].[O-2].[O-2].[O-2].[O-2].[O-2].[O-2].[O-2].[O-2].[O-2].[Ti+4].[Ti+4].[W].[W]. The van der Waals surface area contributed by atoms with Gasteiger partial charge in [-0.3, -0.25) is 0 Å². The van der Waals surface area contributed by atoms with E-state index in [4.69, 9.17) is 0 Å². The van der Waals surface area contributed by atoms with E-state index in [-0.39, 0.29) is 208 Å². The minimum atomic E-state index is 0. The van der Waals surface area contributed by atoms with Crippen LogP contribution in [0.5, 0.6) is 0 Å². The second-order valence-corrected chi connectivity index (χ2v) is 0. The van der Waals surface area contributed by atoms with Crippen molar-refractivity contribution in [3.8, 4) is 0 Å². The van der Waals surface area contributed by atoms with Gasteiger partial charge in [0.05, 0.1) is 0 Å². The summed E-state index contributed by atoms with van der Waals surface area (Å²) < 4.78 is 0. The summed E-state index contributed by atoms with van der Waals surface area (Å²) in [5.74, 6) is 0. The molecule has 116 valence electrons. The maximum absolute atomic E-state index is 0. The molecule has 0 aliphatic carbocycles. The Morgan fingerprint density at radius 1 is 0.211 bits per heavy atom. The molecule has 19 heteroatoms. The molecule has 0 aromatic carbocycles. The quantitative estimate of drug-likeness (QED) is 0.231. The first-order chi connectivity index (χ1) is 0. The summed E-state index contributed by atoms with van der Waals surface area (Å²) in [6, 6.07) is 0. The van der Waals surface area contributed by atoms with E-state index in [0.717, 1.165) is 0 Å². The summed E-state index contributed by atoms with van der Waals surface area (Å²) in [6.45, 7) is 0. The molecule has 0 bridgehead atoms. The average molecular weight is 901 g/mol. The van der Waals surface area contributed by atoms with Gasteiger partial charge in [-0.05, 0) is 0 Å². The monoisotopic (exact) mass is 902 g/mol. The van der Waals surface area contributed by atoms with Crippen LogP contribution in [0.3, 0.4) is 0 Å². The normalized spacial score (nSPS) is 0. The van der Waals surface area contributed by atoms with Crippen molar-refractivity contribution >= 4 is 51.7 Å². The Morgan fingerprint density at radius 2 is 0.211 bits per heavy atom. The van der Waals surface area contributed by atoms with Crippen LogP contribution >= 0.6 is 0 Å². The van der Waals surface area contributed by atoms with Crippen molar-refractivity contribution in [2.75, 3.05) is 0 Å². The van der Waals surface area contributed by atoms with Gasteiger partial charge in [0, 0.05) is 42.1 Å². The van der Waals surface area contributed by atoms with Crippen LogP contribution in [0.2, 0.25) is 0 Å². The topological polar surface area (TPSA) is 370 Å². The van der Waals surface area contributed by atoms with Gasteiger partial charge >= 0.3 is 95.1 Å². The third-order valence-corrected chi connectivity index (χ3v) is 0. The van der Waals surface area contributed by atoms with E-state index < -0.39 is 0 Å². The molecule has 0 fully saturated rings. The molecule has 0 saturated carbocycles. The predicted molar refractivity (Wildman–Crippen MR) is 20.4 cm³/mol. The van der Waals surface area contributed by atoms with Gasteiger partial charge < -0.3 is 71.2 Å². The third-order valence-electron chi connectivity index (χ3n) is 0. The molecule has 0 saturated heterocycles. The maximum Gasteiger partial charge on any atom is 4.00 e. The Balaban J connectivity index is 0. The van der Waals surface area contributed by atoms with E-state index in [2.05, 4.69) is 0 Å². The Morgan fingerprint density at radius 3 is 0.211 bits per heavy atom. The van der Waals surface area contributed by atoms with Crippen molar-refractivity contribution < 1.29 is 157 Å². The molecule has 0 aromatic heterocycles. The van der Waals surface area contributed by atoms with Gasteiger partial charge in [-0.25, -0.2) is 0 Å². The van der Waals surface area contributed by atoms with Crippen molar-refractivity contribution in [2.24, 2.45) is 0 Å². The van der Waals surface area contributed by atoms with Gasteiger partial charge in [-0.1, -0.05) is 0 Å². The second-order valence-electron chi connectivity index (χ2n) is 0. The van der Waals surface area contributed by atoms with Crippen LogP contribution < -0.4 is 0 Å². The van der Waals surface area contributed by atoms with Crippen LogP contribution in [0.4, 0.5) is 0 Å². The van der Waals surface area contributed by atoms with Crippen molar-refractivity contribution in [3.63, 3.8) is 0 Å². The number of hydrogen-bond donors (Lipinski definition) is 0. The molecule has 0 heterocycles. The van der Waals surface area contributed by atoms with Gasteiger partial charge in [0.25, 0.3) is 0 Å². The molecule has 0 spiro atoms. The minimum absolute atomic E-state index is 0. The molecule has 0 radical (unpaired) electrons. The molecule has 0 rings (SSSR count). The molecule has 0 aromatic rings. The second kappa shape index (κ2) is 601. The standard InChI is InChI=1S/2In.13O.2Ti.2W/q2*+3;13*-2;2*+4;;. The molecule has 0 atom stereocenters.